The smallest absolute Gasteiger partial charge is 0.279 e. The molecule has 4 rings (SSSR count). The number of aromatic nitrogens is 2. The van der Waals surface area contributed by atoms with Gasteiger partial charge in [0.1, 0.15) is 5.76 Å². The Bertz CT molecular complexity index is 1210. The number of sulfonamides is 1. The fourth-order valence-electron chi connectivity index (χ4n) is 3.01. The highest BCUT2D eigenvalue weighted by atomic mass is 32.2. The molecule has 0 fully saturated rings. The van der Waals surface area contributed by atoms with Gasteiger partial charge in [0.25, 0.3) is 5.91 Å². The van der Waals surface area contributed by atoms with E-state index in [1.807, 2.05) is 31.2 Å². The van der Waals surface area contributed by atoms with Crippen LogP contribution >= 0.6 is 11.3 Å². The average molecular weight is 445 g/mol. The fourth-order valence-corrected chi connectivity index (χ4v) is 5.26. The van der Waals surface area contributed by atoms with Gasteiger partial charge in [0.05, 0.1) is 12.2 Å². The number of nitrogens with one attached hydrogen (secondary N) is 1. The number of carbonyl (C=O) groups excluding carboxylic acids is 1. The third-order valence-electron chi connectivity index (χ3n) is 4.65. The Hall–Kier alpha value is -2.82. The fraction of sp³-hybridized carbons (Fsp3) is 0.250. The van der Waals surface area contributed by atoms with Crippen molar-refractivity contribution in [2.24, 2.45) is 0 Å². The monoisotopic (exact) mass is 444 g/mol. The van der Waals surface area contributed by atoms with E-state index in [0.29, 0.717) is 23.9 Å². The van der Waals surface area contributed by atoms with Crippen LogP contribution in [0.5, 0.6) is 0 Å². The zero-order valence-electron chi connectivity index (χ0n) is 16.5. The predicted molar refractivity (Wildman–Crippen MR) is 115 cm³/mol. The minimum absolute atomic E-state index is 0.172. The maximum Gasteiger partial charge on any atom is 0.279 e. The first-order valence-electron chi connectivity index (χ1n) is 9.28. The summed E-state index contributed by atoms with van der Waals surface area (Å²) in [6, 6.07) is 9.17. The molecule has 0 bridgehead atoms. The summed E-state index contributed by atoms with van der Waals surface area (Å²) in [5.74, 6) is 0.126. The lowest BCUT2D eigenvalue weighted by molar-refractivity contribution is 0.101. The van der Waals surface area contributed by atoms with E-state index in [1.165, 1.54) is 27.1 Å². The van der Waals surface area contributed by atoms with Crippen molar-refractivity contribution in [2.75, 3.05) is 11.9 Å². The number of thiazole rings is 1. The van der Waals surface area contributed by atoms with Gasteiger partial charge >= 0.3 is 0 Å². The summed E-state index contributed by atoms with van der Waals surface area (Å²) in [5, 5.41) is 8.03. The van der Waals surface area contributed by atoms with Crippen molar-refractivity contribution in [1.82, 2.24) is 14.4 Å². The molecule has 0 saturated carbocycles. The summed E-state index contributed by atoms with van der Waals surface area (Å²) in [6.07, 6.45) is 2.09. The van der Waals surface area contributed by atoms with Crippen LogP contribution in [0.25, 0.3) is 6.08 Å². The van der Waals surface area contributed by atoms with Gasteiger partial charge in [-0.05, 0) is 25.5 Å². The van der Waals surface area contributed by atoms with E-state index >= 15 is 0 Å². The lowest BCUT2D eigenvalue weighted by Gasteiger charge is -2.23. The van der Waals surface area contributed by atoms with Gasteiger partial charge in [-0.1, -0.05) is 35.0 Å². The van der Waals surface area contributed by atoms with Crippen molar-refractivity contribution >= 4 is 38.5 Å². The highest BCUT2D eigenvalue weighted by Crippen LogP contribution is 2.30. The molecule has 3 aromatic rings. The molecular formula is C20H20N4O4S2. The molecule has 0 unspecified atom stereocenters. The first-order chi connectivity index (χ1) is 14.3. The van der Waals surface area contributed by atoms with E-state index in [9.17, 15) is 13.2 Å². The number of amides is 1. The van der Waals surface area contributed by atoms with Gasteiger partial charge < -0.3 is 4.52 Å². The van der Waals surface area contributed by atoms with E-state index < -0.39 is 15.9 Å². The van der Waals surface area contributed by atoms with Crippen LogP contribution in [-0.2, 0) is 23.0 Å². The number of anilines is 1. The standard InChI is InChI=1S/C20H20N4O4S2/c1-13-3-5-15(6-4-13)8-10-30(26,27)24-9-7-16-18(12-24)29-20(21-16)22-19(25)17-11-14(2)28-23-17/h3-6,8,10-11H,7,9,12H2,1-2H3,(H,21,22,25)/b10-8+. The Morgan fingerprint density at radius 3 is 2.73 bits per heavy atom. The van der Waals surface area contributed by atoms with Crippen molar-refractivity contribution < 1.29 is 17.7 Å². The van der Waals surface area contributed by atoms with Gasteiger partial charge in [-0.3, -0.25) is 10.1 Å². The van der Waals surface area contributed by atoms with Gasteiger partial charge in [-0.25, -0.2) is 13.4 Å². The molecule has 0 spiro atoms. The van der Waals surface area contributed by atoms with Crippen molar-refractivity contribution in [3.8, 4) is 0 Å². The molecule has 3 heterocycles. The Balaban J connectivity index is 1.45. The van der Waals surface area contributed by atoms with Crippen LogP contribution in [0, 0.1) is 13.8 Å². The molecule has 30 heavy (non-hydrogen) atoms. The van der Waals surface area contributed by atoms with Gasteiger partial charge in [0, 0.05) is 29.3 Å². The van der Waals surface area contributed by atoms with Crippen LogP contribution in [-0.4, -0.2) is 35.3 Å². The van der Waals surface area contributed by atoms with E-state index in [4.69, 9.17) is 4.52 Å². The molecule has 1 aliphatic heterocycles. The molecule has 1 amide bonds. The molecule has 10 heteroatoms. The second-order valence-corrected chi connectivity index (χ2v) is 9.91. The third kappa shape index (κ3) is 4.50. The van der Waals surface area contributed by atoms with Gasteiger partial charge in [0.15, 0.2) is 10.8 Å². The maximum atomic E-state index is 12.7. The lowest BCUT2D eigenvalue weighted by Crippen LogP contribution is -2.34. The van der Waals surface area contributed by atoms with E-state index in [-0.39, 0.29) is 12.2 Å². The Morgan fingerprint density at radius 2 is 2.03 bits per heavy atom. The maximum absolute atomic E-state index is 12.7. The molecule has 0 aliphatic carbocycles. The molecule has 1 aliphatic rings. The Kier molecular flexibility index (Phi) is 5.54. The van der Waals surface area contributed by atoms with Gasteiger partial charge in [-0.2, -0.15) is 4.31 Å². The average Bonchev–Trinajstić information content (AvgIpc) is 3.32. The zero-order valence-corrected chi connectivity index (χ0v) is 18.1. The van der Waals surface area contributed by atoms with Crippen LogP contribution in [0.2, 0.25) is 0 Å². The molecule has 156 valence electrons. The quantitative estimate of drug-likeness (QED) is 0.647. The second kappa shape index (κ2) is 8.13. The van der Waals surface area contributed by atoms with Crippen LogP contribution in [0.15, 0.2) is 40.3 Å². The normalized spacial score (nSPS) is 14.7. The largest absolute Gasteiger partial charge is 0.361 e. The van der Waals surface area contributed by atoms with Gasteiger partial charge in [0.2, 0.25) is 10.0 Å². The van der Waals surface area contributed by atoms with Crippen LogP contribution in [0.4, 0.5) is 5.13 Å². The number of rotatable bonds is 5. The second-order valence-electron chi connectivity index (χ2n) is 7.01. The molecule has 2 aromatic heterocycles. The van der Waals surface area contributed by atoms with E-state index in [1.54, 1.807) is 13.0 Å². The first-order valence-corrected chi connectivity index (χ1v) is 11.6. The first kappa shape index (κ1) is 20.5. The summed E-state index contributed by atoms with van der Waals surface area (Å²) in [6.45, 7) is 4.25. The van der Waals surface area contributed by atoms with Crippen LogP contribution < -0.4 is 5.32 Å². The predicted octanol–water partition coefficient (Wildman–Crippen LogP) is 3.36. The number of benzene rings is 1. The highest BCUT2D eigenvalue weighted by molar-refractivity contribution is 7.92. The summed E-state index contributed by atoms with van der Waals surface area (Å²) in [7, 11) is -3.57. The number of carbonyl (C=O) groups is 1. The van der Waals surface area contributed by atoms with Crippen molar-refractivity contribution in [1.29, 1.82) is 0 Å². The molecule has 8 nitrogen and oxygen atoms in total. The van der Waals surface area contributed by atoms with E-state index in [0.717, 1.165) is 21.7 Å². The number of nitrogens with zero attached hydrogens (tertiary/aromatic N) is 3. The van der Waals surface area contributed by atoms with Gasteiger partial charge in [-0.15, -0.1) is 11.3 Å². The summed E-state index contributed by atoms with van der Waals surface area (Å²) >= 11 is 1.27. The lowest BCUT2D eigenvalue weighted by atomic mass is 10.2. The Morgan fingerprint density at radius 1 is 1.27 bits per heavy atom. The van der Waals surface area contributed by atoms with Crippen molar-refractivity contribution in [3.63, 3.8) is 0 Å². The highest BCUT2D eigenvalue weighted by Gasteiger charge is 2.28. The SMILES string of the molecule is Cc1ccc(/C=C/S(=O)(=O)N2CCc3nc(NC(=O)c4cc(C)on4)sc3C2)cc1. The number of hydrogen-bond donors (Lipinski definition) is 1. The minimum Gasteiger partial charge on any atom is -0.361 e. The molecule has 1 N–H and O–H groups in total. The summed E-state index contributed by atoms with van der Waals surface area (Å²) in [5.41, 5.74) is 2.92. The third-order valence-corrected chi connectivity index (χ3v) is 7.16. The van der Waals surface area contributed by atoms with Crippen molar-refractivity contribution in [3.05, 3.63) is 68.9 Å². The topological polar surface area (TPSA) is 105 Å². The van der Waals surface area contributed by atoms with E-state index in [2.05, 4.69) is 15.5 Å². The van der Waals surface area contributed by atoms with Crippen LogP contribution in [0.1, 0.15) is 37.9 Å². The Labute approximate surface area is 178 Å². The number of fused-ring (bicyclic) bond motifs is 1. The molecule has 0 atom stereocenters. The number of hydrogen-bond acceptors (Lipinski definition) is 7. The zero-order chi connectivity index (χ0) is 21.3. The number of aryl methyl sites for hydroxylation is 2. The molecule has 1 aromatic carbocycles. The summed E-state index contributed by atoms with van der Waals surface area (Å²) in [4.78, 5) is 17.5. The van der Waals surface area contributed by atoms with Crippen LogP contribution in [0.3, 0.4) is 0 Å². The summed E-state index contributed by atoms with van der Waals surface area (Å²) < 4.78 is 31.8. The minimum atomic E-state index is -3.57. The van der Waals surface area contributed by atoms with Crippen molar-refractivity contribution in [2.45, 2.75) is 26.8 Å². The molecular weight excluding hydrogens is 424 g/mol. The molecule has 0 radical (unpaired) electrons. The molecule has 0 saturated heterocycles.